The highest BCUT2D eigenvalue weighted by Gasteiger charge is 2.32. The second-order valence-electron chi connectivity index (χ2n) is 5.10. The maximum atomic E-state index is 12.8. The lowest BCUT2D eigenvalue weighted by Crippen LogP contribution is -2.33. The highest BCUT2D eigenvalue weighted by molar-refractivity contribution is 7.89. The third-order valence-corrected chi connectivity index (χ3v) is 5.50. The summed E-state index contributed by atoms with van der Waals surface area (Å²) >= 11 is 5.94. The zero-order valence-corrected chi connectivity index (χ0v) is 13.4. The Kier molecular flexibility index (Phi) is 4.94. The summed E-state index contributed by atoms with van der Waals surface area (Å²) in [5, 5.41) is 0.396. The predicted octanol–water partition coefficient (Wildman–Crippen LogP) is 3.16. The van der Waals surface area contributed by atoms with E-state index in [0.717, 1.165) is 19.3 Å². The monoisotopic (exact) mass is 317 g/mol. The van der Waals surface area contributed by atoms with Gasteiger partial charge in [0.25, 0.3) is 0 Å². The summed E-state index contributed by atoms with van der Waals surface area (Å²) in [4.78, 5) is 0.154. The van der Waals surface area contributed by atoms with Crippen LogP contribution in [0.25, 0.3) is 0 Å². The van der Waals surface area contributed by atoms with Gasteiger partial charge < -0.3 is 4.74 Å². The van der Waals surface area contributed by atoms with Gasteiger partial charge in [0, 0.05) is 18.1 Å². The summed E-state index contributed by atoms with van der Waals surface area (Å²) in [6.07, 6.45) is 3.01. The summed E-state index contributed by atoms with van der Waals surface area (Å²) in [5.41, 5.74) is 0. The minimum absolute atomic E-state index is 0.154. The van der Waals surface area contributed by atoms with Gasteiger partial charge in [-0.3, -0.25) is 0 Å². The number of methoxy groups -OCH3 is 1. The van der Waals surface area contributed by atoms with Crippen molar-refractivity contribution in [2.24, 2.45) is 5.92 Å². The van der Waals surface area contributed by atoms with Crippen molar-refractivity contribution in [3.8, 4) is 5.75 Å². The molecule has 112 valence electrons. The molecule has 0 aromatic heterocycles. The molecule has 0 radical (unpaired) electrons. The van der Waals surface area contributed by atoms with Gasteiger partial charge in [-0.1, -0.05) is 18.5 Å². The zero-order chi connectivity index (χ0) is 14.8. The Morgan fingerprint density at radius 1 is 1.40 bits per heavy atom. The van der Waals surface area contributed by atoms with Crippen LogP contribution in [0.15, 0.2) is 23.1 Å². The molecule has 1 aliphatic carbocycles. The normalized spacial score (nSPS) is 15.6. The first-order chi connectivity index (χ1) is 9.48. The molecule has 0 atom stereocenters. The Labute approximate surface area is 125 Å². The topological polar surface area (TPSA) is 46.6 Å². The molecule has 1 fully saturated rings. The number of hydrogen-bond acceptors (Lipinski definition) is 3. The van der Waals surface area contributed by atoms with Crippen LogP contribution < -0.4 is 4.74 Å². The molecule has 0 bridgehead atoms. The average Bonchev–Trinajstić information content (AvgIpc) is 3.22. The molecule has 4 nitrogen and oxygen atoms in total. The van der Waals surface area contributed by atoms with Crippen LogP contribution in [0, 0.1) is 5.92 Å². The maximum Gasteiger partial charge on any atom is 0.246 e. The molecule has 20 heavy (non-hydrogen) atoms. The lowest BCUT2D eigenvalue weighted by atomic mass is 10.3. The number of ether oxygens (including phenoxy) is 1. The van der Waals surface area contributed by atoms with Crippen LogP contribution in [-0.4, -0.2) is 32.9 Å². The van der Waals surface area contributed by atoms with Gasteiger partial charge in [0.1, 0.15) is 10.6 Å². The average molecular weight is 318 g/mol. The van der Waals surface area contributed by atoms with E-state index in [9.17, 15) is 8.42 Å². The number of rotatable bonds is 7. The van der Waals surface area contributed by atoms with Crippen LogP contribution in [0.2, 0.25) is 5.02 Å². The predicted molar refractivity (Wildman–Crippen MR) is 79.8 cm³/mol. The Balaban J connectivity index is 2.37. The first-order valence-electron chi connectivity index (χ1n) is 6.82. The molecule has 0 aliphatic heterocycles. The van der Waals surface area contributed by atoms with E-state index >= 15 is 0 Å². The van der Waals surface area contributed by atoms with E-state index in [4.69, 9.17) is 16.3 Å². The molecule has 0 spiro atoms. The van der Waals surface area contributed by atoms with Gasteiger partial charge in [0.05, 0.1) is 7.11 Å². The second kappa shape index (κ2) is 6.33. The molecular formula is C14H20ClNO3S. The van der Waals surface area contributed by atoms with Crippen LogP contribution in [0.5, 0.6) is 5.75 Å². The molecule has 0 N–H and O–H groups in total. The van der Waals surface area contributed by atoms with E-state index in [1.165, 1.54) is 13.2 Å². The van der Waals surface area contributed by atoms with Crippen LogP contribution >= 0.6 is 11.6 Å². The quantitative estimate of drug-likeness (QED) is 0.776. The SMILES string of the molecule is CCCN(CC1CC1)S(=O)(=O)c1cc(Cl)ccc1OC. The van der Waals surface area contributed by atoms with Crippen molar-refractivity contribution in [1.82, 2.24) is 4.31 Å². The fourth-order valence-electron chi connectivity index (χ4n) is 2.14. The van der Waals surface area contributed by atoms with Crippen molar-refractivity contribution in [2.75, 3.05) is 20.2 Å². The fraction of sp³-hybridized carbons (Fsp3) is 0.571. The summed E-state index contributed by atoms with van der Waals surface area (Å²) in [6.45, 7) is 3.09. The van der Waals surface area contributed by atoms with E-state index < -0.39 is 10.0 Å². The van der Waals surface area contributed by atoms with Crippen molar-refractivity contribution in [3.63, 3.8) is 0 Å². The van der Waals surface area contributed by atoms with Gasteiger partial charge in [0.15, 0.2) is 0 Å². The maximum absolute atomic E-state index is 12.8. The summed E-state index contributed by atoms with van der Waals surface area (Å²) < 4.78 is 32.3. The van der Waals surface area contributed by atoms with Crippen LogP contribution in [0.3, 0.4) is 0 Å². The number of benzene rings is 1. The number of nitrogens with zero attached hydrogens (tertiary/aromatic N) is 1. The molecule has 1 aromatic carbocycles. The number of sulfonamides is 1. The van der Waals surface area contributed by atoms with Gasteiger partial charge in [-0.05, 0) is 43.4 Å². The van der Waals surface area contributed by atoms with Crippen molar-refractivity contribution in [2.45, 2.75) is 31.1 Å². The van der Waals surface area contributed by atoms with E-state index in [2.05, 4.69) is 0 Å². The van der Waals surface area contributed by atoms with Gasteiger partial charge in [-0.15, -0.1) is 0 Å². The number of halogens is 1. The Bertz CT molecular complexity index is 570. The molecule has 0 saturated heterocycles. The highest BCUT2D eigenvalue weighted by atomic mass is 35.5. The Morgan fingerprint density at radius 2 is 2.10 bits per heavy atom. The van der Waals surface area contributed by atoms with Crippen LogP contribution in [-0.2, 0) is 10.0 Å². The zero-order valence-electron chi connectivity index (χ0n) is 11.8. The summed E-state index contributed by atoms with van der Waals surface area (Å²) in [6, 6.07) is 4.69. The van der Waals surface area contributed by atoms with Gasteiger partial charge in [-0.25, -0.2) is 8.42 Å². The third-order valence-electron chi connectivity index (χ3n) is 3.38. The Morgan fingerprint density at radius 3 is 2.65 bits per heavy atom. The smallest absolute Gasteiger partial charge is 0.246 e. The first-order valence-corrected chi connectivity index (χ1v) is 8.64. The van der Waals surface area contributed by atoms with E-state index in [1.54, 1.807) is 16.4 Å². The minimum atomic E-state index is -3.56. The summed E-state index contributed by atoms with van der Waals surface area (Å²) in [5.74, 6) is 0.841. The summed E-state index contributed by atoms with van der Waals surface area (Å²) in [7, 11) is -2.09. The van der Waals surface area contributed by atoms with Gasteiger partial charge >= 0.3 is 0 Å². The molecule has 1 aliphatic rings. The van der Waals surface area contributed by atoms with Gasteiger partial charge in [0.2, 0.25) is 10.0 Å². The van der Waals surface area contributed by atoms with Crippen molar-refractivity contribution in [1.29, 1.82) is 0 Å². The lowest BCUT2D eigenvalue weighted by molar-refractivity contribution is 0.381. The molecule has 0 heterocycles. The van der Waals surface area contributed by atoms with Crippen molar-refractivity contribution >= 4 is 21.6 Å². The van der Waals surface area contributed by atoms with Crippen molar-refractivity contribution in [3.05, 3.63) is 23.2 Å². The molecule has 0 amide bonds. The number of hydrogen-bond donors (Lipinski definition) is 0. The lowest BCUT2D eigenvalue weighted by Gasteiger charge is -2.22. The minimum Gasteiger partial charge on any atom is -0.495 e. The molecule has 2 rings (SSSR count). The second-order valence-corrected chi connectivity index (χ2v) is 7.44. The molecule has 1 aromatic rings. The van der Waals surface area contributed by atoms with E-state index in [1.807, 2.05) is 6.92 Å². The molecule has 0 unspecified atom stereocenters. The molecule has 1 saturated carbocycles. The van der Waals surface area contributed by atoms with Crippen LogP contribution in [0.1, 0.15) is 26.2 Å². The first kappa shape index (κ1) is 15.6. The van der Waals surface area contributed by atoms with Crippen molar-refractivity contribution < 1.29 is 13.2 Å². The van der Waals surface area contributed by atoms with Crippen LogP contribution in [0.4, 0.5) is 0 Å². The molecular weight excluding hydrogens is 298 g/mol. The standard InChI is InChI=1S/C14H20ClNO3S/c1-3-8-16(10-11-4-5-11)20(17,18)14-9-12(15)6-7-13(14)19-2/h6-7,9,11H,3-5,8,10H2,1-2H3. The Hall–Kier alpha value is -0.780. The fourth-order valence-corrected chi connectivity index (χ4v) is 4.17. The third kappa shape index (κ3) is 3.45. The highest BCUT2D eigenvalue weighted by Crippen LogP contribution is 2.34. The van der Waals surface area contributed by atoms with Gasteiger partial charge in [-0.2, -0.15) is 4.31 Å². The molecule has 6 heteroatoms. The van der Waals surface area contributed by atoms with E-state index in [0.29, 0.717) is 29.8 Å². The van der Waals surface area contributed by atoms with E-state index in [-0.39, 0.29) is 4.90 Å². The largest absolute Gasteiger partial charge is 0.495 e.